The van der Waals surface area contributed by atoms with Gasteiger partial charge in [-0.05, 0) is 107 Å². The lowest BCUT2D eigenvalue weighted by molar-refractivity contribution is 0.0690. The molecule has 16 heteroatoms. The maximum absolute atomic E-state index is 13.0. The fourth-order valence-corrected chi connectivity index (χ4v) is 8.46. The highest BCUT2D eigenvalue weighted by molar-refractivity contribution is 6.68. The van der Waals surface area contributed by atoms with Gasteiger partial charge in [0, 0.05) is 112 Å². The lowest BCUT2D eigenvalue weighted by Gasteiger charge is -2.11. The first-order chi connectivity index (χ1) is 36.0. The SMILES string of the molecule is O=C(Cl)c1cccnc1.O=C(Cl)c1ccncc1.O=C(OC1=C(c2[nH]c3ccccc3c2OC(=O)c2ccncc2)Cc2ccccc21)c1ccncc1.OC1=C(c2[nH]c3ccccc3c2O)Cc2ccccc21. The Kier molecular flexibility index (Phi) is 15.2. The van der Waals surface area contributed by atoms with Gasteiger partial charge in [-0.25, -0.2) is 9.59 Å². The third kappa shape index (κ3) is 11.0. The number of aliphatic hydroxyl groups is 1. The van der Waals surface area contributed by atoms with Crippen molar-refractivity contribution < 1.29 is 38.9 Å². The second-order valence-electron chi connectivity index (χ2n) is 16.3. The maximum Gasteiger partial charge on any atom is 0.343 e. The lowest BCUT2D eigenvalue weighted by Crippen LogP contribution is -2.10. The lowest BCUT2D eigenvalue weighted by atomic mass is 10.1. The van der Waals surface area contributed by atoms with Gasteiger partial charge in [-0.2, -0.15) is 0 Å². The summed E-state index contributed by atoms with van der Waals surface area (Å²) in [5, 5.41) is 21.4. The number of ether oxygens (including phenoxy) is 2. The van der Waals surface area contributed by atoms with Gasteiger partial charge in [-0.3, -0.25) is 29.5 Å². The van der Waals surface area contributed by atoms with E-state index in [1.165, 1.54) is 18.6 Å². The Balaban J connectivity index is 0.000000146. The van der Waals surface area contributed by atoms with Gasteiger partial charge in [0.2, 0.25) is 0 Å². The first-order valence-corrected chi connectivity index (χ1v) is 23.5. The van der Waals surface area contributed by atoms with Gasteiger partial charge in [0.25, 0.3) is 10.5 Å². The maximum atomic E-state index is 13.0. The minimum Gasteiger partial charge on any atom is -0.507 e. The molecule has 364 valence electrons. The Morgan fingerprint density at radius 1 is 0.459 bits per heavy atom. The molecule has 2 aliphatic carbocycles. The second-order valence-corrected chi connectivity index (χ2v) is 17.0. The molecule has 6 aromatic heterocycles. The van der Waals surface area contributed by atoms with Gasteiger partial charge in [0.05, 0.1) is 28.1 Å². The monoisotopic (exact) mass is 1020 g/mol. The van der Waals surface area contributed by atoms with Crippen LogP contribution in [0, 0.1) is 0 Å². The molecule has 74 heavy (non-hydrogen) atoms. The third-order valence-electron chi connectivity index (χ3n) is 11.8. The molecule has 0 saturated carbocycles. The number of nitrogens with zero attached hydrogens (tertiary/aromatic N) is 4. The standard InChI is InChI=1S/C29H19N3O4.C17H13NO2.2C6H4ClNO/c33-28(18-9-13-30-14-10-18)35-26-21-6-2-1-5-20(21)17-23(26)25-27(22-7-3-4-8-24(22)32-25)36-29(34)19-11-15-31-16-12-19;19-16-11-6-2-1-5-10(11)9-13(16)15-17(20)12-7-3-4-8-14(12)18-15;7-6(9)5-1-3-8-4-2-5;7-6(9)5-2-1-3-8-4-5/h1-16,32H,17H2;1-8,18-20H,9H2;2*1-4H. The molecule has 0 bridgehead atoms. The van der Waals surface area contributed by atoms with E-state index in [9.17, 15) is 29.4 Å². The molecule has 0 spiro atoms. The van der Waals surface area contributed by atoms with Crippen molar-refractivity contribution in [2.75, 3.05) is 0 Å². The van der Waals surface area contributed by atoms with E-state index in [4.69, 9.17) is 32.7 Å². The zero-order valence-corrected chi connectivity index (χ0v) is 40.3. The molecule has 0 saturated heterocycles. The number of aliphatic hydroxyl groups excluding tert-OH is 1. The molecule has 12 rings (SSSR count). The van der Waals surface area contributed by atoms with E-state index in [-0.39, 0.29) is 11.5 Å². The van der Waals surface area contributed by atoms with E-state index in [0.717, 1.165) is 55.2 Å². The van der Waals surface area contributed by atoms with E-state index < -0.39 is 22.4 Å². The largest absolute Gasteiger partial charge is 0.507 e. The van der Waals surface area contributed by atoms with Gasteiger partial charge in [-0.1, -0.05) is 72.8 Å². The van der Waals surface area contributed by atoms with Gasteiger partial charge < -0.3 is 29.7 Å². The van der Waals surface area contributed by atoms with Crippen LogP contribution in [0.3, 0.4) is 0 Å². The van der Waals surface area contributed by atoms with Crippen LogP contribution in [0.15, 0.2) is 195 Å². The molecule has 10 aromatic rings. The highest BCUT2D eigenvalue weighted by atomic mass is 35.5. The van der Waals surface area contributed by atoms with Gasteiger partial charge in [0.15, 0.2) is 5.75 Å². The number of hydrogen-bond donors (Lipinski definition) is 4. The summed E-state index contributed by atoms with van der Waals surface area (Å²) in [5.74, 6) is 0.271. The minimum atomic E-state index is -0.505. The van der Waals surface area contributed by atoms with Gasteiger partial charge in [0.1, 0.15) is 17.3 Å². The molecule has 2 aliphatic rings. The van der Waals surface area contributed by atoms with Crippen LogP contribution in [0.25, 0.3) is 44.5 Å². The van der Waals surface area contributed by atoms with Crippen LogP contribution in [-0.2, 0) is 17.6 Å². The molecule has 4 N–H and O–H groups in total. The van der Waals surface area contributed by atoms with E-state index in [0.29, 0.717) is 58.0 Å². The number of esters is 2. The van der Waals surface area contributed by atoms with E-state index in [1.54, 1.807) is 79.5 Å². The first-order valence-electron chi connectivity index (χ1n) is 22.7. The number of H-pyrrole nitrogens is 2. The van der Waals surface area contributed by atoms with E-state index >= 15 is 0 Å². The number of rotatable bonds is 8. The van der Waals surface area contributed by atoms with Crippen LogP contribution in [-0.4, -0.2) is 62.5 Å². The van der Waals surface area contributed by atoms with Crippen LogP contribution in [0.4, 0.5) is 0 Å². The molecular formula is C58H40Cl2N6O8. The minimum absolute atomic E-state index is 0.204. The number of pyridine rings is 4. The van der Waals surface area contributed by atoms with Crippen LogP contribution in [0.1, 0.15) is 75.1 Å². The molecule has 0 fully saturated rings. The average molecular weight is 1020 g/mol. The van der Waals surface area contributed by atoms with Crippen molar-refractivity contribution in [3.63, 3.8) is 0 Å². The number of nitrogens with one attached hydrogen (secondary N) is 2. The summed E-state index contributed by atoms with van der Waals surface area (Å²) in [4.78, 5) is 68.7. The number of para-hydroxylation sites is 2. The molecule has 0 aliphatic heterocycles. The second kappa shape index (κ2) is 22.7. The normalized spacial score (nSPS) is 12.0. The smallest absolute Gasteiger partial charge is 0.343 e. The van der Waals surface area contributed by atoms with Gasteiger partial charge in [-0.15, -0.1) is 0 Å². The van der Waals surface area contributed by atoms with E-state index in [1.807, 2.05) is 97.1 Å². The molecule has 0 unspecified atom stereocenters. The zero-order chi connectivity index (χ0) is 51.6. The number of aromatic nitrogens is 6. The fraction of sp³-hybridized carbons (Fsp3) is 0.0345. The number of carbonyl (C=O) groups is 4. The molecular weight excluding hydrogens is 980 g/mol. The number of carbonyl (C=O) groups excluding carboxylic acids is 4. The van der Waals surface area contributed by atoms with Crippen molar-refractivity contribution in [1.82, 2.24) is 29.9 Å². The number of aromatic amines is 2. The zero-order valence-electron chi connectivity index (χ0n) is 38.8. The average Bonchev–Trinajstić information content (AvgIpc) is 4.20. The Bertz CT molecular complexity index is 3700. The summed E-state index contributed by atoms with van der Waals surface area (Å²) in [7, 11) is 0. The number of aromatic hydroxyl groups is 1. The van der Waals surface area contributed by atoms with Gasteiger partial charge >= 0.3 is 11.9 Å². The summed E-state index contributed by atoms with van der Waals surface area (Å²) in [6.07, 6.45) is 13.4. The Hall–Kier alpha value is -9.50. The third-order valence-corrected chi connectivity index (χ3v) is 12.2. The van der Waals surface area contributed by atoms with Crippen molar-refractivity contribution >= 4 is 90.1 Å². The number of fused-ring (bicyclic) bond motifs is 4. The predicted octanol–water partition coefficient (Wildman–Crippen LogP) is 12.2. The highest BCUT2D eigenvalue weighted by Crippen LogP contribution is 2.45. The van der Waals surface area contributed by atoms with Crippen molar-refractivity contribution in [3.05, 3.63) is 251 Å². The van der Waals surface area contributed by atoms with Crippen molar-refractivity contribution in [2.24, 2.45) is 0 Å². The summed E-state index contributed by atoms with van der Waals surface area (Å²) >= 11 is 10.3. The molecule has 0 radical (unpaired) electrons. The number of halogens is 2. The number of allylic oxidation sites excluding steroid dienone is 2. The number of hydrogen-bond acceptors (Lipinski definition) is 12. The summed E-state index contributed by atoms with van der Waals surface area (Å²) in [6.45, 7) is 0. The summed E-state index contributed by atoms with van der Waals surface area (Å²) in [6, 6.07) is 43.5. The highest BCUT2D eigenvalue weighted by Gasteiger charge is 2.31. The van der Waals surface area contributed by atoms with Crippen LogP contribution < -0.4 is 4.74 Å². The van der Waals surface area contributed by atoms with Crippen LogP contribution >= 0.6 is 23.2 Å². The summed E-state index contributed by atoms with van der Waals surface area (Å²) < 4.78 is 11.9. The van der Waals surface area contributed by atoms with Crippen molar-refractivity contribution in [3.8, 4) is 11.5 Å². The Labute approximate surface area is 432 Å². The Morgan fingerprint density at radius 3 is 1.49 bits per heavy atom. The predicted molar refractivity (Wildman–Crippen MR) is 282 cm³/mol. The quantitative estimate of drug-likeness (QED) is 0.0827. The molecule has 0 amide bonds. The molecule has 14 nitrogen and oxygen atoms in total. The molecule has 0 atom stereocenters. The van der Waals surface area contributed by atoms with E-state index in [2.05, 4.69) is 29.9 Å². The molecule has 4 aromatic carbocycles. The number of benzene rings is 4. The summed E-state index contributed by atoms with van der Waals surface area (Å²) in [5.41, 5.74) is 9.79. The topological polar surface area (TPSA) is 210 Å². The molecule has 6 heterocycles. The van der Waals surface area contributed by atoms with Crippen molar-refractivity contribution in [1.29, 1.82) is 0 Å². The van der Waals surface area contributed by atoms with Crippen LogP contribution in [0.2, 0.25) is 0 Å². The fourth-order valence-electron chi connectivity index (χ4n) is 8.22. The Morgan fingerprint density at radius 2 is 0.946 bits per heavy atom. The first kappa shape index (κ1) is 49.5. The van der Waals surface area contributed by atoms with Crippen LogP contribution in [0.5, 0.6) is 11.5 Å². The van der Waals surface area contributed by atoms with Crippen molar-refractivity contribution in [2.45, 2.75) is 12.8 Å².